The van der Waals surface area contributed by atoms with Gasteiger partial charge in [-0.3, -0.25) is 4.79 Å². The zero-order chi connectivity index (χ0) is 15.8. The fraction of sp³-hybridized carbons (Fsp3) is 0.500. The molecule has 1 aliphatic carbocycles. The summed E-state index contributed by atoms with van der Waals surface area (Å²) in [6.07, 6.45) is -2.89. The van der Waals surface area contributed by atoms with Crippen LogP contribution in [0.25, 0.3) is 0 Å². The van der Waals surface area contributed by atoms with Crippen molar-refractivity contribution in [2.45, 2.75) is 31.5 Å². The second kappa shape index (κ2) is 6.42. The molecule has 2 rings (SSSR count). The Hall–Kier alpha value is -1.34. The topological polar surface area (TPSA) is 55.1 Å². The lowest BCUT2D eigenvalue weighted by Gasteiger charge is -2.29. The van der Waals surface area contributed by atoms with E-state index in [1.165, 1.54) is 0 Å². The highest BCUT2D eigenvalue weighted by Gasteiger charge is 2.42. The molecule has 1 atom stereocenters. The number of halogens is 5. The van der Waals surface area contributed by atoms with Gasteiger partial charge in [-0.25, -0.2) is 4.39 Å². The molecule has 0 spiro atoms. The van der Waals surface area contributed by atoms with Crippen molar-refractivity contribution in [2.75, 3.05) is 6.54 Å². The van der Waals surface area contributed by atoms with Crippen LogP contribution in [-0.2, 0) is 6.18 Å². The molecular weight excluding hydrogens is 324 g/mol. The SMILES string of the molecule is CC(CN)(NC(=O)c1cc(F)cc(C(F)(F)F)c1)C1CC1.Cl. The van der Waals surface area contributed by atoms with Gasteiger partial charge in [0.05, 0.1) is 11.1 Å². The molecule has 8 heteroatoms. The average Bonchev–Trinajstić information content (AvgIpc) is 3.21. The molecule has 0 aliphatic heterocycles. The van der Waals surface area contributed by atoms with E-state index in [4.69, 9.17) is 5.73 Å². The second-order valence-electron chi connectivity index (χ2n) is 5.58. The Morgan fingerprint density at radius 1 is 1.32 bits per heavy atom. The molecule has 22 heavy (non-hydrogen) atoms. The third-order valence-corrected chi connectivity index (χ3v) is 3.79. The molecule has 3 N–H and O–H groups in total. The first-order valence-corrected chi connectivity index (χ1v) is 6.56. The fourth-order valence-corrected chi connectivity index (χ4v) is 2.26. The monoisotopic (exact) mass is 340 g/mol. The molecule has 3 nitrogen and oxygen atoms in total. The van der Waals surface area contributed by atoms with E-state index in [9.17, 15) is 22.4 Å². The number of hydrogen-bond acceptors (Lipinski definition) is 2. The zero-order valence-electron chi connectivity index (χ0n) is 11.8. The number of nitrogens with one attached hydrogen (secondary N) is 1. The van der Waals surface area contributed by atoms with Gasteiger partial charge in [0.25, 0.3) is 5.91 Å². The van der Waals surface area contributed by atoms with E-state index in [0.717, 1.165) is 18.9 Å². The number of amides is 1. The molecule has 1 fully saturated rings. The maximum absolute atomic E-state index is 13.3. The first kappa shape index (κ1) is 18.7. The Balaban J connectivity index is 0.00000242. The number of carbonyl (C=O) groups is 1. The highest BCUT2D eigenvalue weighted by molar-refractivity contribution is 5.95. The molecule has 0 aromatic heterocycles. The largest absolute Gasteiger partial charge is 0.416 e. The van der Waals surface area contributed by atoms with Crippen LogP contribution < -0.4 is 11.1 Å². The number of alkyl halides is 3. The highest BCUT2D eigenvalue weighted by Crippen LogP contribution is 2.39. The van der Waals surface area contributed by atoms with Gasteiger partial charge >= 0.3 is 6.18 Å². The van der Waals surface area contributed by atoms with Gasteiger partial charge < -0.3 is 11.1 Å². The Bertz CT molecular complexity index is 560. The Morgan fingerprint density at radius 3 is 2.36 bits per heavy atom. The lowest BCUT2D eigenvalue weighted by atomic mass is 9.95. The summed E-state index contributed by atoms with van der Waals surface area (Å²) in [5.41, 5.74) is 3.41. The number of rotatable bonds is 4. The van der Waals surface area contributed by atoms with Crippen molar-refractivity contribution >= 4 is 18.3 Å². The quantitative estimate of drug-likeness (QED) is 0.827. The van der Waals surface area contributed by atoms with E-state index in [1.54, 1.807) is 6.92 Å². The fourth-order valence-electron chi connectivity index (χ4n) is 2.26. The van der Waals surface area contributed by atoms with Gasteiger partial charge in [-0.2, -0.15) is 13.2 Å². The Labute approximate surface area is 131 Å². The van der Waals surface area contributed by atoms with E-state index in [-0.39, 0.29) is 30.4 Å². The van der Waals surface area contributed by atoms with Crippen LogP contribution in [0.3, 0.4) is 0 Å². The van der Waals surface area contributed by atoms with Crippen LogP contribution in [0.2, 0.25) is 0 Å². The van der Waals surface area contributed by atoms with Crippen LogP contribution in [0.4, 0.5) is 17.6 Å². The van der Waals surface area contributed by atoms with Crippen LogP contribution in [0.1, 0.15) is 35.7 Å². The maximum Gasteiger partial charge on any atom is 0.416 e. The third-order valence-electron chi connectivity index (χ3n) is 3.79. The lowest BCUT2D eigenvalue weighted by molar-refractivity contribution is -0.137. The molecule has 1 aliphatic rings. The molecule has 0 heterocycles. The van der Waals surface area contributed by atoms with E-state index >= 15 is 0 Å². The van der Waals surface area contributed by atoms with Crippen molar-refractivity contribution < 1.29 is 22.4 Å². The van der Waals surface area contributed by atoms with Crippen molar-refractivity contribution in [3.05, 3.63) is 35.1 Å². The van der Waals surface area contributed by atoms with Crippen LogP contribution >= 0.6 is 12.4 Å². The summed E-state index contributed by atoms with van der Waals surface area (Å²) in [5.74, 6) is -1.64. The van der Waals surface area contributed by atoms with Crippen LogP contribution in [0.5, 0.6) is 0 Å². The van der Waals surface area contributed by atoms with Gasteiger partial charge in [0.1, 0.15) is 5.82 Å². The first-order valence-electron chi connectivity index (χ1n) is 6.56. The lowest BCUT2D eigenvalue weighted by Crippen LogP contribution is -2.53. The van der Waals surface area contributed by atoms with Crippen LogP contribution in [0.15, 0.2) is 18.2 Å². The van der Waals surface area contributed by atoms with Gasteiger partial charge in [-0.15, -0.1) is 12.4 Å². The van der Waals surface area contributed by atoms with Crippen molar-refractivity contribution in [3.8, 4) is 0 Å². The molecule has 1 aromatic rings. The van der Waals surface area contributed by atoms with Crippen molar-refractivity contribution in [2.24, 2.45) is 11.7 Å². The Morgan fingerprint density at radius 2 is 1.91 bits per heavy atom. The standard InChI is InChI=1S/C14H16F4N2O.ClH/c1-13(7-19,9-2-3-9)20-12(21)8-4-10(14(16,17)18)6-11(15)5-8;/h4-6,9H,2-3,7,19H2,1H3,(H,20,21);1H. The summed E-state index contributed by atoms with van der Waals surface area (Å²) in [7, 11) is 0. The number of hydrogen-bond donors (Lipinski definition) is 2. The van der Waals surface area contributed by atoms with Crippen molar-refractivity contribution in [1.82, 2.24) is 5.32 Å². The first-order chi connectivity index (χ1) is 9.65. The predicted octanol–water partition coefficient (Wildman–Crippen LogP) is 3.12. The maximum atomic E-state index is 13.3. The molecule has 0 saturated heterocycles. The smallest absolute Gasteiger partial charge is 0.345 e. The molecule has 1 aromatic carbocycles. The van der Waals surface area contributed by atoms with Gasteiger partial charge in [-0.1, -0.05) is 0 Å². The van der Waals surface area contributed by atoms with Gasteiger partial charge in [0.15, 0.2) is 0 Å². The summed E-state index contributed by atoms with van der Waals surface area (Å²) in [4.78, 5) is 12.1. The minimum atomic E-state index is -4.70. The summed E-state index contributed by atoms with van der Waals surface area (Å²) < 4.78 is 51.2. The van der Waals surface area contributed by atoms with Gasteiger partial charge in [-0.05, 0) is 43.9 Å². The molecule has 0 radical (unpaired) electrons. The highest BCUT2D eigenvalue weighted by atomic mass is 35.5. The summed E-state index contributed by atoms with van der Waals surface area (Å²) in [6, 6.07) is 1.79. The van der Waals surface area contributed by atoms with Crippen molar-refractivity contribution in [1.29, 1.82) is 0 Å². The Kier molecular flexibility index (Phi) is 5.46. The predicted molar refractivity (Wildman–Crippen MR) is 76.3 cm³/mol. The van der Waals surface area contributed by atoms with Crippen LogP contribution in [0, 0.1) is 11.7 Å². The minimum Gasteiger partial charge on any atom is -0.345 e. The zero-order valence-corrected chi connectivity index (χ0v) is 12.7. The summed E-state index contributed by atoms with van der Waals surface area (Å²) in [5, 5.41) is 2.63. The van der Waals surface area contributed by atoms with Crippen LogP contribution in [-0.4, -0.2) is 18.0 Å². The average molecular weight is 341 g/mol. The summed E-state index contributed by atoms with van der Waals surface area (Å²) in [6.45, 7) is 1.91. The van der Waals surface area contributed by atoms with E-state index in [0.29, 0.717) is 12.1 Å². The molecule has 124 valence electrons. The normalized spacial score (nSPS) is 17.4. The van der Waals surface area contributed by atoms with E-state index in [2.05, 4.69) is 5.32 Å². The number of benzene rings is 1. The van der Waals surface area contributed by atoms with E-state index in [1.807, 2.05) is 0 Å². The second-order valence-corrected chi connectivity index (χ2v) is 5.58. The number of carbonyl (C=O) groups excluding carboxylic acids is 1. The molecule has 1 amide bonds. The van der Waals surface area contributed by atoms with E-state index < -0.39 is 29.0 Å². The molecule has 0 bridgehead atoms. The van der Waals surface area contributed by atoms with Crippen molar-refractivity contribution in [3.63, 3.8) is 0 Å². The minimum absolute atomic E-state index is 0. The third kappa shape index (κ3) is 4.10. The number of nitrogens with two attached hydrogens (primary N) is 1. The molecule has 1 unspecified atom stereocenters. The summed E-state index contributed by atoms with van der Waals surface area (Å²) >= 11 is 0. The molecular formula is C14H17ClF4N2O. The van der Waals surface area contributed by atoms with Gasteiger partial charge in [0, 0.05) is 12.1 Å². The van der Waals surface area contributed by atoms with Gasteiger partial charge in [0.2, 0.25) is 0 Å². The molecule has 1 saturated carbocycles.